The zero-order valence-electron chi connectivity index (χ0n) is 12.1. The van der Waals surface area contributed by atoms with Crippen LogP contribution in [0.3, 0.4) is 0 Å². The maximum Gasteiger partial charge on any atom is 0.226 e. The van der Waals surface area contributed by atoms with Crippen molar-refractivity contribution in [3.8, 4) is 17.6 Å². The number of ether oxygens (including phenoxy) is 3. The van der Waals surface area contributed by atoms with Crippen molar-refractivity contribution in [3.05, 3.63) is 23.8 Å². The number of nitrogens with one attached hydrogen (secondary N) is 1. The summed E-state index contributed by atoms with van der Waals surface area (Å²) >= 11 is 0. The van der Waals surface area contributed by atoms with Gasteiger partial charge in [-0.1, -0.05) is 0 Å². The smallest absolute Gasteiger partial charge is 0.226 e. The van der Waals surface area contributed by atoms with Crippen molar-refractivity contribution in [2.45, 2.75) is 12.5 Å². The molecule has 0 spiro atoms. The lowest BCUT2D eigenvalue weighted by molar-refractivity contribution is -0.125. The van der Waals surface area contributed by atoms with Crippen molar-refractivity contribution in [3.63, 3.8) is 0 Å². The average molecular weight is 290 g/mol. The molecule has 6 nitrogen and oxygen atoms in total. The zero-order chi connectivity index (χ0) is 15.2. The van der Waals surface area contributed by atoms with Gasteiger partial charge in [0.05, 0.1) is 32.8 Å². The standard InChI is InChI=1S/C15H18N2O4/c1-19-11-3-4-12(14(7-11)20-2)13(8-16)17-15(18)10-5-6-21-9-10/h3-4,7,10,13H,5-6,9H2,1-2H3,(H,17,18). The Kier molecular flexibility index (Phi) is 5.01. The van der Waals surface area contributed by atoms with Gasteiger partial charge in [-0.3, -0.25) is 4.79 Å². The lowest BCUT2D eigenvalue weighted by Crippen LogP contribution is -2.33. The topological polar surface area (TPSA) is 80.6 Å². The maximum absolute atomic E-state index is 12.1. The molecule has 0 radical (unpaired) electrons. The van der Waals surface area contributed by atoms with Gasteiger partial charge < -0.3 is 19.5 Å². The summed E-state index contributed by atoms with van der Waals surface area (Å²) in [7, 11) is 3.07. The van der Waals surface area contributed by atoms with Crippen molar-refractivity contribution in [1.82, 2.24) is 5.32 Å². The number of hydrogen-bond acceptors (Lipinski definition) is 5. The van der Waals surface area contributed by atoms with Crippen molar-refractivity contribution in [1.29, 1.82) is 5.26 Å². The summed E-state index contributed by atoms with van der Waals surface area (Å²) in [6.45, 7) is 0.991. The van der Waals surface area contributed by atoms with Crippen molar-refractivity contribution in [2.75, 3.05) is 27.4 Å². The third-order valence-corrected chi connectivity index (χ3v) is 3.47. The summed E-state index contributed by atoms with van der Waals surface area (Å²) in [4.78, 5) is 12.1. The summed E-state index contributed by atoms with van der Waals surface area (Å²) in [5.74, 6) is 0.772. The maximum atomic E-state index is 12.1. The number of benzene rings is 1. The number of rotatable bonds is 5. The Hall–Kier alpha value is -2.26. The van der Waals surface area contributed by atoms with E-state index in [4.69, 9.17) is 14.2 Å². The van der Waals surface area contributed by atoms with Crippen LogP contribution in [0.1, 0.15) is 18.0 Å². The van der Waals surface area contributed by atoms with Crippen LogP contribution in [0.25, 0.3) is 0 Å². The number of methoxy groups -OCH3 is 2. The van der Waals surface area contributed by atoms with Gasteiger partial charge in [-0.05, 0) is 18.6 Å². The van der Waals surface area contributed by atoms with Crippen LogP contribution in [-0.2, 0) is 9.53 Å². The fraction of sp³-hybridized carbons (Fsp3) is 0.467. The second kappa shape index (κ2) is 6.95. The fourth-order valence-corrected chi connectivity index (χ4v) is 2.24. The first-order chi connectivity index (χ1) is 10.2. The van der Waals surface area contributed by atoms with Crippen LogP contribution in [0.4, 0.5) is 0 Å². The largest absolute Gasteiger partial charge is 0.497 e. The number of hydrogen-bond donors (Lipinski definition) is 1. The van der Waals surface area contributed by atoms with E-state index in [1.807, 2.05) is 0 Å². The highest BCUT2D eigenvalue weighted by Crippen LogP contribution is 2.29. The molecule has 1 aliphatic heterocycles. The molecule has 21 heavy (non-hydrogen) atoms. The molecule has 112 valence electrons. The predicted octanol–water partition coefficient (Wildman–Crippen LogP) is 1.42. The molecule has 2 rings (SSSR count). The molecular formula is C15H18N2O4. The Morgan fingerprint density at radius 3 is 2.86 bits per heavy atom. The van der Waals surface area contributed by atoms with E-state index < -0.39 is 6.04 Å². The van der Waals surface area contributed by atoms with Gasteiger partial charge in [-0.15, -0.1) is 0 Å². The molecule has 1 aromatic rings. The summed E-state index contributed by atoms with van der Waals surface area (Å²) in [5.41, 5.74) is 0.605. The van der Waals surface area contributed by atoms with Gasteiger partial charge in [0.15, 0.2) is 0 Å². The Labute approximate surface area is 123 Å². The number of amides is 1. The minimum Gasteiger partial charge on any atom is -0.497 e. The van der Waals surface area contributed by atoms with Crippen LogP contribution in [0, 0.1) is 17.2 Å². The molecule has 1 aromatic carbocycles. The molecule has 2 atom stereocenters. The van der Waals surface area contributed by atoms with Gasteiger partial charge >= 0.3 is 0 Å². The van der Waals surface area contributed by atoms with Gasteiger partial charge in [-0.25, -0.2) is 0 Å². The van der Waals surface area contributed by atoms with Crippen LogP contribution in [0.15, 0.2) is 18.2 Å². The number of carbonyl (C=O) groups excluding carboxylic acids is 1. The monoisotopic (exact) mass is 290 g/mol. The predicted molar refractivity (Wildman–Crippen MR) is 75.0 cm³/mol. The minimum absolute atomic E-state index is 0.170. The minimum atomic E-state index is -0.765. The normalized spacial score (nSPS) is 18.6. The van der Waals surface area contributed by atoms with Gasteiger partial charge in [0.1, 0.15) is 17.5 Å². The van der Waals surface area contributed by atoms with Crippen LogP contribution in [0.2, 0.25) is 0 Å². The Morgan fingerprint density at radius 1 is 1.48 bits per heavy atom. The Balaban J connectivity index is 2.17. The Bertz CT molecular complexity index is 547. The molecule has 1 amide bonds. The highest BCUT2D eigenvalue weighted by atomic mass is 16.5. The molecule has 6 heteroatoms. The lowest BCUT2D eigenvalue weighted by Gasteiger charge is -2.17. The first-order valence-corrected chi connectivity index (χ1v) is 6.69. The van der Waals surface area contributed by atoms with Gasteiger partial charge in [0.25, 0.3) is 0 Å². The molecule has 0 saturated carbocycles. The molecule has 2 unspecified atom stereocenters. The summed E-state index contributed by atoms with van der Waals surface area (Å²) < 4.78 is 15.6. The second-order valence-corrected chi connectivity index (χ2v) is 4.74. The first kappa shape index (κ1) is 15.1. The average Bonchev–Trinajstić information content (AvgIpc) is 3.06. The Morgan fingerprint density at radius 2 is 2.29 bits per heavy atom. The third-order valence-electron chi connectivity index (χ3n) is 3.47. The van der Waals surface area contributed by atoms with E-state index in [0.29, 0.717) is 36.7 Å². The van der Waals surface area contributed by atoms with E-state index in [0.717, 1.165) is 0 Å². The van der Waals surface area contributed by atoms with E-state index in [9.17, 15) is 10.1 Å². The highest BCUT2D eigenvalue weighted by molar-refractivity contribution is 5.80. The fourth-order valence-electron chi connectivity index (χ4n) is 2.24. The van der Waals surface area contributed by atoms with E-state index >= 15 is 0 Å². The summed E-state index contributed by atoms with van der Waals surface area (Å²) in [5, 5.41) is 12.1. The van der Waals surface area contributed by atoms with E-state index in [1.54, 1.807) is 25.3 Å². The molecule has 0 aromatic heterocycles. The van der Waals surface area contributed by atoms with Crippen LogP contribution >= 0.6 is 0 Å². The van der Waals surface area contributed by atoms with Gasteiger partial charge in [-0.2, -0.15) is 5.26 Å². The highest BCUT2D eigenvalue weighted by Gasteiger charge is 2.27. The van der Waals surface area contributed by atoms with Crippen molar-refractivity contribution >= 4 is 5.91 Å². The lowest BCUT2D eigenvalue weighted by atomic mass is 10.0. The molecular weight excluding hydrogens is 272 g/mol. The molecule has 1 aliphatic rings. The summed E-state index contributed by atoms with van der Waals surface area (Å²) in [6.07, 6.45) is 0.684. The number of carbonyl (C=O) groups is 1. The quantitative estimate of drug-likeness (QED) is 0.887. The van der Waals surface area contributed by atoms with Crippen LogP contribution < -0.4 is 14.8 Å². The number of nitriles is 1. The van der Waals surface area contributed by atoms with E-state index in [2.05, 4.69) is 11.4 Å². The molecule has 0 aliphatic carbocycles. The van der Waals surface area contributed by atoms with Gasteiger partial charge in [0, 0.05) is 18.2 Å². The van der Waals surface area contributed by atoms with Crippen LogP contribution in [0.5, 0.6) is 11.5 Å². The van der Waals surface area contributed by atoms with Gasteiger partial charge in [0.2, 0.25) is 5.91 Å². The SMILES string of the molecule is COc1ccc(C(C#N)NC(=O)C2CCOC2)c(OC)c1. The van der Waals surface area contributed by atoms with Crippen molar-refractivity contribution < 1.29 is 19.0 Å². The molecule has 1 fully saturated rings. The molecule has 1 heterocycles. The zero-order valence-corrected chi connectivity index (χ0v) is 12.1. The first-order valence-electron chi connectivity index (χ1n) is 6.69. The van der Waals surface area contributed by atoms with E-state index in [1.165, 1.54) is 7.11 Å². The molecule has 1 saturated heterocycles. The third kappa shape index (κ3) is 3.44. The molecule has 0 bridgehead atoms. The van der Waals surface area contributed by atoms with E-state index in [-0.39, 0.29) is 11.8 Å². The molecule has 1 N–H and O–H groups in total. The summed E-state index contributed by atoms with van der Waals surface area (Å²) in [6, 6.07) is 6.46. The second-order valence-electron chi connectivity index (χ2n) is 4.74. The van der Waals surface area contributed by atoms with Crippen molar-refractivity contribution in [2.24, 2.45) is 5.92 Å². The number of nitrogens with zero attached hydrogens (tertiary/aromatic N) is 1. The van der Waals surface area contributed by atoms with Crippen LogP contribution in [-0.4, -0.2) is 33.3 Å².